The monoisotopic (exact) mass is 217 g/mol. The Morgan fingerprint density at radius 3 is 2.69 bits per heavy atom. The molecule has 1 aromatic carbocycles. The molecule has 0 spiro atoms. The zero-order valence-corrected chi connectivity index (χ0v) is 8.98. The van der Waals surface area contributed by atoms with Gasteiger partial charge in [-0.3, -0.25) is 9.36 Å². The van der Waals surface area contributed by atoms with Crippen LogP contribution in [0.3, 0.4) is 0 Å². The Morgan fingerprint density at radius 1 is 1.25 bits per heavy atom. The normalized spacial score (nSPS) is 10.4. The first kappa shape index (κ1) is 10.6. The van der Waals surface area contributed by atoms with Gasteiger partial charge in [-0.05, 0) is 30.2 Å². The molecule has 0 saturated carbocycles. The zero-order valence-electron chi connectivity index (χ0n) is 8.98. The highest BCUT2D eigenvalue weighted by Crippen LogP contribution is 2.13. The maximum Gasteiger partial charge on any atom is 0.255 e. The van der Waals surface area contributed by atoms with Crippen molar-refractivity contribution in [1.29, 1.82) is 0 Å². The SMILES string of the molecule is CCc1ccc(-n2ccccc2=O)cc1F. The highest BCUT2D eigenvalue weighted by Gasteiger charge is 2.03. The van der Waals surface area contributed by atoms with Crippen molar-refractivity contribution >= 4 is 0 Å². The van der Waals surface area contributed by atoms with E-state index in [1.165, 1.54) is 16.7 Å². The molecule has 0 amide bonds. The minimum absolute atomic E-state index is 0.161. The van der Waals surface area contributed by atoms with Crippen LogP contribution >= 0.6 is 0 Å². The second-order valence-electron chi connectivity index (χ2n) is 3.54. The molecule has 1 aromatic heterocycles. The predicted octanol–water partition coefficient (Wildman–Crippen LogP) is 2.54. The summed E-state index contributed by atoms with van der Waals surface area (Å²) in [5.41, 5.74) is 1.05. The van der Waals surface area contributed by atoms with Gasteiger partial charge in [-0.2, -0.15) is 0 Å². The molecule has 1 heterocycles. The standard InChI is InChI=1S/C13H12FNO/c1-2-10-6-7-11(9-12(10)14)15-8-4-3-5-13(15)16/h3-9H,2H2,1H3. The lowest BCUT2D eigenvalue weighted by molar-refractivity contribution is 0.610. The van der Waals surface area contributed by atoms with Gasteiger partial charge < -0.3 is 0 Å². The number of nitrogens with zero attached hydrogens (tertiary/aromatic N) is 1. The summed E-state index contributed by atoms with van der Waals surface area (Å²) in [6, 6.07) is 9.71. The Kier molecular flexibility index (Phi) is 2.86. The van der Waals surface area contributed by atoms with E-state index in [0.717, 1.165) is 0 Å². The fourth-order valence-corrected chi connectivity index (χ4v) is 1.61. The molecule has 0 unspecified atom stereocenters. The molecular weight excluding hydrogens is 205 g/mol. The lowest BCUT2D eigenvalue weighted by atomic mass is 10.1. The van der Waals surface area contributed by atoms with Gasteiger partial charge in [0.15, 0.2) is 0 Å². The molecule has 0 saturated heterocycles. The van der Waals surface area contributed by atoms with Crippen molar-refractivity contribution in [3.05, 3.63) is 64.3 Å². The first-order chi connectivity index (χ1) is 7.72. The molecule has 2 aromatic rings. The summed E-state index contributed by atoms with van der Waals surface area (Å²) in [6.07, 6.45) is 2.28. The van der Waals surface area contributed by atoms with Gasteiger partial charge in [0, 0.05) is 12.3 Å². The van der Waals surface area contributed by atoms with Crippen LogP contribution in [0.4, 0.5) is 4.39 Å². The Labute approximate surface area is 93.0 Å². The second-order valence-corrected chi connectivity index (χ2v) is 3.54. The van der Waals surface area contributed by atoms with E-state index in [2.05, 4.69) is 0 Å². The molecular formula is C13H12FNO. The van der Waals surface area contributed by atoms with Crippen LogP contribution in [-0.2, 0) is 6.42 Å². The average Bonchev–Trinajstić information content (AvgIpc) is 2.29. The lowest BCUT2D eigenvalue weighted by Gasteiger charge is -2.06. The number of benzene rings is 1. The van der Waals surface area contributed by atoms with Crippen molar-refractivity contribution in [2.75, 3.05) is 0 Å². The Hall–Kier alpha value is -1.90. The number of halogens is 1. The number of aryl methyl sites for hydroxylation is 1. The molecule has 0 N–H and O–H groups in total. The van der Waals surface area contributed by atoms with Crippen molar-refractivity contribution in [2.24, 2.45) is 0 Å². The molecule has 0 atom stereocenters. The Balaban J connectivity index is 2.54. The summed E-state index contributed by atoms with van der Waals surface area (Å²) in [6.45, 7) is 1.90. The highest BCUT2D eigenvalue weighted by atomic mass is 19.1. The molecule has 0 aliphatic rings. The minimum Gasteiger partial charge on any atom is -0.284 e. The Morgan fingerprint density at radius 2 is 2.06 bits per heavy atom. The van der Waals surface area contributed by atoms with E-state index in [4.69, 9.17) is 0 Å². The fraction of sp³-hybridized carbons (Fsp3) is 0.154. The Bertz CT molecular complexity index is 560. The molecule has 2 nitrogen and oxygen atoms in total. The van der Waals surface area contributed by atoms with Crippen molar-refractivity contribution in [2.45, 2.75) is 13.3 Å². The number of rotatable bonds is 2. The van der Waals surface area contributed by atoms with Crippen molar-refractivity contribution in [1.82, 2.24) is 4.57 Å². The van der Waals surface area contributed by atoms with Crippen LogP contribution in [0.15, 0.2) is 47.4 Å². The summed E-state index contributed by atoms with van der Waals surface area (Å²) in [4.78, 5) is 11.5. The third-order valence-electron chi connectivity index (χ3n) is 2.52. The van der Waals surface area contributed by atoms with Crippen molar-refractivity contribution < 1.29 is 4.39 Å². The maximum atomic E-state index is 13.6. The van der Waals surface area contributed by atoms with Crippen LogP contribution in [0.1, 0.15) is 12.5 Å². The van der Waals surface area contributed by atoms with Gasteiger partial charge in [0.2, 0.25) is 0 Å². The predicted molar refractivity (Wildman–Crippen MR) is 61.4 cm³/mol. The van der Waals surface area contributed by atoms with Gasteiger partial charge in [0.05, 0.1) is 5.69 Å². The van der Waals surface area contributed by atoms with E-state index >= 15 is 0 Å². The minimum atomic E-state index is -0.268. The summed E-state index contributed by atoms with van der Waals surface area (Å²) >= 11 is 0. The molecule has 82 valence electrons. The molecule has 3 heteroatoms. The first-order valence-electron chi connectivity index (χ1n) is 5.19. The largest absolute Gasteiger partial charge is 0.284 e. The first-order valence-corrected chi connectivity index (χ1v) is 5.19. The van der Waals surface area contributed by atoms with E-state index in [0.29, 0.717) is 17.7 Å². The van der Waals surface area contributed by atoms with Crippen molar-refractivity contribution in [3.63, 3.8) is 0 Å². The molecule has 0 aliphatic carbocycles. The molecule has 16 heavy (non-hydrogen) atoms. The number of hydrogen-bond donors (Lipinski definition) is 0. The van der Waals surface area contributed by atoms with Crippen LogP contribution < -0.4 is 5.56 Å². The van der Waals surface area contributed by atoms with E-state index in [-0.39, 0.29) is 11.4 Å². The van der Waals surface area contributed by atoms with Crippen LogP contribution in [0, 0.1) is 5.82 Å². The maximum absolute atomic E-state index is 13.6. The smallest absolute Gasteiger partial charge is 0.255 e. The van der Waals surface area contributed by atoms with Gasteiger partial charge in [-0.15, -0.1) is 0 Å². The third kappa shape index (κ3) is 1.89. The zero-order chi connectivity index (χ0) is 11.5. The van der Waals surface area contributed by atoms with Crippen molar-refractivity contribution in [3.8, 4) is 5.69 Å². The highest BCUT2D eigenvalue weighted by molar-refractivity contribution is 5.36. The molecule has 0 aliphatic heterocycles. The van der Waals surface area contributed by atoms with Crippen LogP contribution in [-0.4, -0.2) is 4.57 Å². The van der Waals surface area contributed by atoms with Crippen LogP contribution in [0.2, 0.25) is 0 Å². The quantitative estimate of drug-likeness (QED) is 0.757. The van der Waals surface area contributed by atoms with Gasteiger partial charge in [0.1, 0.15) is 5.82 Å². The van der Waals surface area contributed by atoms with Gasteiger partial charge >= 0.3 is 0 Å². The van der Waals surface area contributed by atoms with E-state index in [1.54, 1.807) is 30.5 Å². The topological polar surface area (TPSA) is 22.0 Å². The molecule has 0 fully saturated rings. The van der Waals surface area contributed by atoms with Gasteiger partial charge in [0.25, 0.3) is 5.56 Å². The number of hydrogen-bond acceptors (Lipinski definition) is 1. The summed E-state index contributed by atoms with van der Waals surface area (Å²) < 4.78 is 15.0. The molecule has 0 bridgehead atoms. The van der Waals surface area contributed by atoms with E-state index < -0.39 is 0 Å². The van der Waals surface area contributed by atoms with Gasteiger partial charge in [-0.1, -0.05) is 19.1 Å². The molecule has 2 rings (SSSR count). The summed E-state index contributed by atoms with van der Waals surface area (Å²) in [5.74, 6) is -0.268. The van der Waals surface area contributed by atoms with E-state index in [1.807, 2.05) is 6.92 Å². The lowest BCUT2D eigenvalue weighted by Crippen LogP contribution is -2.15. The number of pyridine rings is 1. The molecule has 0 radical (unpaired) electrons. The fourth-order valence-electron chi connectivity index (χ4n) is 1.61. The van der Waals surface area contributed by atoms with Gasteiger partial charge in [-0.25, -0.2) is 4.39 Å². The van der Waals surface area contributed by atoms with E-state index in [9.17, 15) is 9.18 Å². The number of aromatic nitrogens is 1. The van der Waals surface area contributed by atoms with Crippen LogP contribution in [0.5, 0.6) is 0 Å². The average molecular weight is 217 g/mol. The summed E-state index contributed by atoms with van der Waals surface area (Å²) in [5, 5.41) is 0. The van der Waals surface area contributed by atoms with Crippen LogP contribution in [0.25, 0.3) is 5.69 Å². The second kappa shape index (κ2) is 4.31. The summed E-state index contributed by atoms with van der Waals surface area (Å²) in [7, 11) is 0. The third-order valence-corrected chi connectivity index (χ3v) is 2.52.